The summed E-state index contributed by atoms with van der Waals surface area (Å²) in [4.78, 5) is 12.0. The van der Waals surface area contributed by atoms with Gasteiger partial charge in [0.05, 0.1) is 42.3 Å². The smallest absolute Gasteiger partial charge is 0.221 e. The predicted octanol–water partition coefficient (Wildman–Crippen LogP) is 0.682. The first-order valence-corrected chi connectivity index (χ1v) is 8.06. The number of aliphatic hydroxyl groups excluding tert-OH is 1. The average molecular weight is 346 g/mol. The van der Waals surface area contributed by atoms with Crippen molar-refractivity contribution in [3.05, 3.63) is 16.4 Å². The topological polar surface area (TPSA) is 85.6 Å². The lowest BCUT2D eigenvalue weighted by molar-refractivity contribution is -0.136. The van der Waals surface area contributed by atoms with Crippen LogP contribution >= 0.6 is 11.6 Å². The van der Waals surface area contributed by atoms with Crippen LogP contribution in [0.2, 0.25) is 5.02 Å². The maximum Gasteiger partial charge on any atom is 0.221 e. The molecule has 3 atom stereocenters. The number of rotatable bonds is 6. The van der Waals surface area contributed by atoms with Crippen LogP contribution in [-0.4, -0.2) is 59.9 Å². The molecule has 8 heteroatoms. The van der Waals surface area contributed by atoms with Gasteiger partial charge in [-0.3, -0.25) is 9.48 Å². The second-order valence-electron chi connectivity index (χ2n) is 5.82. The van der Waals surface area contributed by atoms with E-state index in [-0.39, 0.29) is 17.9 Å². The molecule has 1 saturated heterocycles. The third kappa shape index (κ3) is 4.44. The molecule has 0 aliphatic carbocycles. The van der Waals surface area contributed by atoms with E-state index in [1.54, 1.807) is 4.68 Å². The first-order valence-electron chi connectivity index (χ1n) is 7.68. The molecule has 23 heavy (non-hydrogen) atoms. The summed E-state index contributed by atoms with van der Waals surface area (Å²) in [6.45, 7) is 5.33. The highest BCUT2D eigenvalue weighted by Gasteiger charge is 2.32. The molecule has 1 amide bonds. The van der Waals surface area contributed by atoms with Crippen LogP contribution in [0.25, 0.3) is 0 Å². The van der Waals surface area contributed by atoms with Crippen LogP contribution < -0.4 is 5.32 Å². The van der Waals surface area contributed by atoms with E-state index >= 15 is 0 Å². The molecule has 2 rings (SSSR count). The van der Waals surface area contributed by atoms with Crippen LogP contribution in [0.4, 0.5) is 0 Å². The Balaban J connectivity index is 1.78. The fraction of sp³-hybridized carbons (Fsp3) is 0.733. The summed E-state index contributed by atoms with van der Waals surface area (Å²) in [5.41, 5.74) is 1.62. The zero-order valence-electron chi connectivity index (χ0n) is 13.7. The highest BCUT2D eigenvalue weighted by atomic mass is 35.5. The number of aryl methyl sites for hydroxylation is 2. The van der Waals surface area contributed by atoms with Gasteiger partial charge in [-0.25, -0.2) is 0 Å². The van der Waals surface area contributed by atoms with Crippen molar-refractivity contribution in [3.8, 4) is 0 Å². The molecular formula is C15H24ClN3O4. The van der Waals surface area contributed by atoms with E-state index in [0.29, 0.717) is 37.7 Å². The molecule has 0 radical (unpaired) electrons. The number of aliphatic hydroxyl groups is 1. The molecule has 1 aromatic rings. The molecule has 1 aliphatic heterocycles. The number of ether oxygens (including phenoxy) is 2. The summed E-state index contributed by atoms with van der Waals surface area (Å²) in [6, 6.07) is 0. The number of hydrogen-bond acceptors (Lipinski definition) is 5. The van der Waals surface area contributed by atoms with Crippen molar-refractivity contribution >= 4 is 17.5 Å². The van der Waals surface area contributed by atoms with Crippen LogP contribution in [0.5, 0.6) is 0 Å². The van der Waals surface area contributed by atoms with E-state index in [0.717, 1.165) is 11.4 Å². The van der Waals surface area contributed by atoms with Crippen LogP contribution in [0, 0.1) is 19.8 Å². The number of carbonyl (C=O) groups is 1. The third-order valence-electron chi connectivity index (χ3n) is 4.19. The van der Waals surface area contributed by atoms with Crippen molar-refractivity contribution in [2.45, 2.75) is 39.0 Å². The minimum atomic E-state index is -0.635. The molecule has 2 heterocycles. The van der Waals surface area contributed by atoms with Crippen LogP contribution in [-0.2, 0) is 20.8 Å². The average Bonchev–Trinajstić information content (AvgIpc) is 2.79. The van der Waals surface area contributed by atoms with Gasteiger partial charge in [0.2, 0.25) is 5.91 Å². The first kappa shape index (κ1) is 18.2. The molecule has 2 N–H and O–H groups in total. The minimum absolute atomic E-state index is 0.0968. The fourth-order valence-corrected chi connectivity index (χ4v) is 2.79. The number of carbonyl (C=O) groups excluding carboxylic acids is 1. The quantitative estimate of drug-likeness (QED) is 0.792. The zero-order valence-corrected chi connectivity index (χ0v) is 14.5. The largest absolute Gasteiger partial charge is 0.390 e. The van der Waals surface area contributed by atoms with Crippen molar-refractivity contribution in [3.63, 3.8) is 0 Å². The van der Waals surface area contributed by atoms with E-state index < -0.39 is 6.10 Å². The van der Waals surface area contributed by atoms with Crippen LogP contribution in [0.3, 0.4) is 0 Å². The van der Waals surface area contributed by atoms with Gasteiger partial charge in [0.25, 0.3) is 0 Å². The van der Waals surface area contributed by atoms with Crippen molar-refractivity contribution in [1.29, 1.82) is 0 Å². The number of hydrogen-bond donors (Lipinski definition) is 2. The summed E-state index contributed by atoms with van der Waals surface area (Å²) in [5.74, 6) is -0.263. The van der Waals surface area contributed by atoms with E-state index in [9.17, 15) is 9.90 Å². The number of methoxy groups -OCH3 is 1. The number of halogens is 1. The monoisotopic (exact) mass is 345 g/mol. The van der Waals surface area contributed by atoms with Gasteiger partial charge in [0.15, 0.2) is 0 Å². The highest BCUT2D eigenvalue weighted by molar-refractivity contribution is 6.31. The molecule has 0 aromatic carbocycles. The van der Waals surface area contributed by atoms with Gasteiger partial charge in [-0.1, -0.05) is 11.6 Å². The highest BCUT2D eigenvalue weighted by Crippen LogP contribution is 2.19. The van der Waals surface area contributed by atoms with Gasteiger partial charge >= 0.3 is 0 Å². The normalized spacial score (nSPS) is 24.7. The first-order chi connectivity index (χ1) is 10.9. The minimum Gasteiger partial charge on any atom is -0.390 e. The molecule has 130 valence electrons. The Morgan fingerprint density at radius 1 is 1.52 bits per heavy atom. The lowest BCUT2D eigenvalue weighted by Gasteiger charge is -2.33. The Hall–Kier alpha value is -1.15. The third-order valence-corrected chi connectivity index (χ3v) is 4.73. The Morgan fingerprint density at radius 3 is 2.87 bits per heavy atom. The summed E-state index contributed by atoms with van der Waals surface area (Å²) in [7, 11) is 1.54. The Kier molecular flexibility index (Phi) is 6.41. The van der Waals surface area contributed by atoms with Crippen molar-refractivity contribution in [2.24, 2.45) is 5.92 Å². The lowest BCUT2D eigenvalue weighted by Crippen LogP contribution is -2.49. The van der Waals surface area contributed by atoms with Crippen molar-refractivity contribution in [2.75, 3.05) is 26.9 Å². The molecule has 0 bridgehead atoms. The molecular weight excluding hydrogens is 322 g/mol. The molecule has 0 saturated carbocycles. The van der Waals surface area contributed by atoms with E-state index in [1.807, 2.05) is 13.8 Å². The predicted molar refractivity (Wildman–Crippen MR) is 85.5 cm³/mol. The van der Waals surface area contributed by atoms with Gasteiger partial charge in [-0.15, -0.1) is 0 Å². The standard InChI is InChI=1S/C15H24ClN3O4/c1-9-14(16)10(2)19(18-9)5-4-13(20)17-6-11-7-23-8-12(22-3)15(11)21/h11-12,15,21H,4-8H2,1-3H3,(H,17,20)/t11-,12-,15+/m1/s1. The SMILES string of the molecule is CO[C@@H]1COC[C@@H](CNC(=O)CCn2nc(C)c(Cl)c2C)[C@@H]1O. The summed E-state index contributed by atoms with van der Waals surface area (Å²) >= 11 is 6.08. The van der Waals surface area contributed by atoms with E-state index in [4.69, 9.17) is 21.1 Å². The molecule has 1 aliphatic rings. The fourth-order valence-electron chi connectivity index (χ4n) is 2.66. The number of amides is 1. The van der Waals surface area contributed by atoms with Crippen molar-refractivity contribution in [1.82, 2.24) is 15.1 Å². The number of nitrogens with one attached hydrogen (secondary N) is 1. The van der Waals surface area contributed by atoms with Gasteiger partial charge in [0, 0.05) is 26.0 Å². The molecule has 1 aromatic heterocycles. The van der Waals surface area contributed by atoms with Crippen LogP contribution in [0.15, 0.2) is 0 Å². The summed E-state index contributed by atoms with van der Waals surface area (Å²) in [6.07, 6.45) is -0.679. The zero-order chi connectivity index (χ0) is 17.0. The van der Waals surface area contributed by atoms with Gasteiger partial charge in [-0.05, 0) is 13.8 Å². The van der Waals surface area contributed by atoms with E-state index in [1.165, 1.54) is 7.11 Å². The molecule has 7 nitrogen and oxygen atoms in total. The van der Waals surface area contributed by atoms with Gasteiger partial charge in [-0.2, -0.15) is 5.10 Å². The maximum absolute atomic E-state index is 12.0. The maximum atomic E-state index is 12.0. The molecule has 0 spiro atoms. The Bertz CT molecular complexity index is 549. The Labute approximate surface area is 140 Å². The Morgan fingerprint density at radius 2 is 2.26 bits per heavy atom. The molecule has 0 unspecified atom stereocenters. The van der Waals surface area contributed by atoms with Crippen molar-refractivity contribution < 1.29 is 19.4 Å². The second kappa shape index (κ2) is 8.10. The lowest BCUT2D eigenvalue weighted by atomic mass is 9.96. The van der Waals surface area contributed by atoms with Crippen LogP contribution in [0.1, 0.15) is 17.8 Å². The van der Waals surface area contributed by atoms with E-state index in [2.05, 4.69) is 10.4 Å². The molecule has 1 fully saturated rings. The number of nitrogens with zero attached hydrogens (tertiary/aromatic N) is 2. The van der Waals surface area contributed by atoms with Gasteiger partial charge < -0.3 is 19.9 Å². The second-order valence-corrected chi connectivity index (χ2v) is 6.20. The number of aromatic nitrogens is 2. The van der Waals surface area contributed by atoms with Gasteiger partial charge in [0.1, 0.15) is 6.10 Å². The summed E-state index contributed by atoms with van der Waals surface area (Å²) < 4.78 is 12.3. The summed E-state index contributed by atoms with van der Waals surface area (Å²) in [5, 5.41) is 17.9.